The summed E-state index contributed by atoms with van der Waals surface area (Å²) < 4.78 is 37.6. The molecule has 0 aromatic heterocycles. The first-order valence-corrected chi connectivity index (χ1v) is 5.67. The van der Waals surface area contributed by atoms with Gasteiger partial charge in [-0.1, -0.05) is 0 Å². The Morgan fingerprint density at radius 3 is 2.00 bits per heavy atom. The van der Waals surface area contributed by atoms with Crippen LogP contribution in [0.15, 0.2) is 12.1 Å². The number of phenols is 1. The molecule has 1 aromatic rings. The fraction of sp³-hybridized carbons (Fsp3) is 0.500. The molecule has 0 radical (unpaired) electrons. The highest BCUT2D eigenvalue weighted by Crippen LogP contribution is 2.36. The van der Waals surface area contributed by atoms with E-state index in [4.69, 9.17) is 9.31 Å². The van der Waals surface area contributed by atoms with Gasteiger partial charge in [-0.3, -0.25) is 0 Å². The number of benzene rings is 1. The molecule has 1 aliphatic heterocycles. The fourth-order valence-electron chi connectivity index (χ4n) is 1.71. The zero-order valence-corrected chi connectivity index (χ0v) is 10.8. The van der Waals surface area contributed by atoms with Crippen LogP contribution in [-0.4, -0.2) is 23.4 Å². The van der Waals surface area contributed by atoms with Crippen LogP contribution in [0.3, 0.4) is 0 Å². The molecule has 2 rings (SSSR count). The van der Waals surface area contributed by atoms with Gasteiger partial charge in [-0.25, -0.2) is 4.39 Å². The first-order valence-electron chi connectivity index (χ1n) is 5.67. The van der Waals surface area contributed by atoms with E-state index in [-0.39, 0.29) is 5.46 Å². The van der Waals surface area contributed by atoms with Gasteiger partial charge < -0.3 is 14.4 Å². The summed E-state index contributed by atoms with van der Waals surface area (Å²) >= 11 is 0. The number of halogens is 2. The van der Waals surface area contributed by atoms with Crippen LogP contribution in [0.5, 0.6) is 5.75 Å². The van der Waals surface area contributed by atoms with E-state index >= 15 is 0 Å². The molecule has 0 amide bonds. The summed E-state index contributed by atoms with van der Waals surface area (Å²) in [4.78, 5) is 0. The molecule has 0 bridgehead atoms. The summed E-state index contributed by atoms with van der Waals surface area (Å²) in [7, 11) is -0.823. The SMILES string of the molecule is CC1(C)OB(c2cc(O)c(F)c(F)c2)OC1(C)C. The molecule has 3 nitrogen and oxygen atoms in total. The van der Waals surface area contributed by atoms with Crippen LogP contribution in [0.25, 0.3) is 0 Å². The van der Waals surface area contributed by atoms with Crippen molar-refractivity contribution in [3.05, 3.63) is 23.8 Å². The lowest BCUT2D eigenvalue weighted by atomic mass is 9.79. The largest absolute Gasteiger partial charge is 0.505 e. The molecular weight excluding hydrogens is 241 g/mol. The zero-order chi connectivity index (χ0) is 13.7. The average molecular weight is 256 g/mol. The minimum Gasteiger partial charge on any atom is -0.505 e. The normalized spacial score (nSPS) is 21.3. The Labute approximate surface area is 105 Å². The smallest absolute Gasteiger partial charge is 0.495 e. The summed E-state index contributed by atoms with van der Waals surface area (Å²) in [5.74, 6) is -3.14. The second-order valence-corrected chi connectivity index (χ2v) is 5.42. The number of hydrogen-bond acceptors (Lipinski definition) is 3. The quantitative estimate of drug-likeness (QED) is 0.780. The van der Waals surface area contributed by atoms with Crippen LogP contribution in [0, 0.1) is 11.6 Å². The minimum absolute atomic E-state index is 0.255. The summed E-state index contributed by atoms with van der Waals surface area (Å²) in [6.07, 6.45) is 0. The molecule has 1 fully saturated rings. The molecule has 1 N–H and O–H groups in total. The van der Waals surface area contributed by atoms with Crippen LogP contribution in [0.2, 0.25) is 0 Å². The van der Waals surface area contributed by atoms with Gasteiger partial charge in [-0.05, 0) is 45.3 Å². The van der Waals surface area contributed by atoms with Crippen molar-refractivity contribution in [1.29, 1.82) is 0 Å². The van der Waals surface area contributed by atoms with E-state index in [0.717, 1.165) is 12.1 Å². The molecule has 1 aliphatic rings. The molecule has 0 atom stereocenters. The maximum atomic E-state index is 13.2. The molecule has 1 aromatic carbocycles. The number of aromatic hydroxyl groups is 1. The summed E-state index contributed by atoms with van der Waals surface area (Å²) in [6, 6.07) is 2.08. The van der Waals surface area contributed by atoms with Crippen LogP contribution in [-0.2, 0) is 9.31 Å². The lowest BCUT2D eigenvalue weighted by Gasteiger charge is -2.32. The van der Waals surface area contributed by atoms with Gasteiger partial charge in [0.15, 0.2) is 17.4 Å². The predicted molar refractivity (Wildman–Crippen MR) is 63.7 cm³/mol. The molecule has 18 heavy (non-hydrogen) atoms. The molecule has 98 valence electrons. The highest BCUT2D eigenvalue weighted by atomic mass is 19.2. The van der Waals surface area contributed by atoms with Crippen molar-refractivity contribution in [3.63, 3.8) is 0 Å². The van der Waals surface area contributed by atoms with E-state index in [1.807, 2.05) is 27.7 Å². The van der Waals surface area contributed by atoms with E-state index in [1.54, 1.807) is 0 Å². The first-order chi connectivity index (χ1) is 8.14. The highest BCUT2D eigenvalue weighted by Gasteiger charge is 2.51. The Hall–Kier alpha value is -1.14. The van der Waals surface area contributed by atoms with E-state index in [0.29, 0.717) is 0 Å². The number of rotatable bonds is 1. The van der Waals surface area contributed by atoms with E-state index < -0.39 is 35.7 Å². The van der Waals surface area contributed by atoms with Crippen molar-refractivity contribution in [2.45, 2.75) is 38.9 Å². The van der Waals surface area contributed by atoms with Gasteiger partial charge in [0.25, 0.3) is 0 Å². The van der Waals surface area contributed by atoms with Gasteiger partial charge in [0.1, 0.15) is 0 Å². The highest BCUT2D eigenvalue weighted by molar-refractivity contribution is 6.62. The maximum absolute atomic E-state index is 13.2. The molecular formula is C12H15BF2O3. The molecule has 0 unspecified atom stereocenters. The monoisotopic (exact) mass is 256 g/mol. The average Bonchev–Trinajstić information content (AvgIpc) is 2.44. The van der Waals surface area contributed by atoms with Gasteiger partial charge in [0, 0.05) is 0 Å². The third kappa shape index (κ3) is 1.99. The summed E-state index contributed by atoms with van der Waals surface area (Å²) in [5, 5.41) is 9.28. The third-order valence-electron chi connectivity index (χ3n) is 3.56. The Morgan fingerprint density at radius 1 is 1.06 bits per heavy atom. The van der Waals surface area contributed by atoms with Crippen molar-refractivity contribution in [2.24, 2.45) is 0 Å². The van der Waals surface area contributed by atoms with Crippen molar-refractivity contribution >= 4 is 12.6 Å². The van der Waals surface area contributed by atoms with Crippen molar-refractivity contribution in [2.75, 3.05) is 0 Å². The Morgan fingerprint density at radius 2 is 1.56 bits per heavy atom. The standard InChI is InChI=1S/C12H15BF2O3/c1-11(2)12(3,4)18-13(17-11)7-5-8(14)10(15)9(16)6-7/h5-6,16H,1-4H3. The van der Waals surface area contributed by atoms with E-state index in [2.05, 4.69) is 0 Å². The summed E-state index contributed by atoms with van der Waals surface area (Å²) in [6.45, 7) is 7.42. The van der Waals surface area contributed by atoms with Crippen molar-refractivity contribution in [3.8, 4) is 5.75 Å². The van der Waals surface area contributed by atoms with Crippen molar-refractivity contribution in [1.82, 2.24) is 0 Å². The topological polar surface area (TPSA) is 38.7 Å². The predicted octanol–water partition coefficient (Wildman–Crippen LogP) is 1.97. The molecule has 6 heteroatoms. The fourth-order valence-corrected chi connectivity index (χ4v) is 1.71. The Balaban J connectivity index is 2.36. The van der Waals surface area contributed by atoms with Gasteiger partial charge in [-0.2, -0.15) is 4.39 Å². The molecule has 0 aliphatic carbocycles. The van der Waals surface area contributed by atoms with Gasteiger partial charge in [0.05, 0.1) is 11.2 Å². The second-order valence-electron chi connectivity index (χ2n) is 5.42. The lowest BCUT2D eigenvalue weighted by Crippen LogP contribution is -2.41. The minimum atomic E-state index is -1.27. The molecule has 1 saturated heterocycles. The van der Waals surface area contributed by atoms with Crippen LogP contribution < -0.4 is 5.46 Å². The van der Waals surface area contributed by atoms with Crippen LogP contribution in [0.1, 0.15) is 27.7 Å². The molecule has 1 heterocycles. The number of hydrogen-bond donors (Lipinski definition) is 1. The van der Waals surface area contributed by atoms with Gasteiger partial charge >= 0.3 is 7.12 Å². The number of phenolic OH excluding ortho intramolecular Hbond substituents is 1. The van der Waals surface area contributed by atoms with E-state index in [9.17, 15) is 13.9 Å². The van der Waals surface area contributed by atoms with Crippen LogP contribution in [0.4, 0.5) is 8.78 Å². The van der Waals surface area contributed by atoms with Gasteiger partial charge in [0.2, 0.25) is 0 Å². The summed E-state index contributed by atoms with van der Waals surface area (Å²) in [5.41, 5.74) is -0.888. The zero-order valence-electron chi connectivity index (χ0n) is 10.8. The first kappa shape index (κ1) is 13.3. The Bertz CT molecular complexity index is 449. The lowest BCUT2D eigenvalue weighted by molar-refractivity contribution is 0.00578. The van der Waals surface area contributed by atoms with Gasteiger partial charge in [-0.15, -0.1) is 0 Å². The van der Waals surface area contributed by atoms with E-state index in [1.165, 1.54) is 0 Å². The molecule has 0 spiro atoms. The second kappa shape index (κ2) is 3.93. The van der Waals surface area contributed by atoms with Crippen LogP contribution >= 0.6 is 0 Å². The molecule has 0 saturated carbocycles. The Kier molecular flexibility index (Phi) is 2.90. The maximum Gasteiger partial charge on any atom is 0.495 e. The van der Waals surface area contributed by atoms with Crippen molar-refractivity contribution < 1.29 is 23.2 Å². The third-order valence-corrected chi connectivity index (χ3v) is 3.56.